The van der Waals surface area contributed by atoms with Crippen LogP contribution in [0.15, 0.2) is 0 Å². The van der Waals surface area contributed by atoms with Crippen molar-refractivity contribution in [2.75, 3.05) is 0 Å². The fraction of sp³-hybridized carbons (Fsp3) is 0.750. The van der Waals surface area contributed by atoms with E-state index in [1.165, 1.54) is 22.8 Å². The minimum Gasteiger partial charge on any atom is -0.254 e. The number of nitriles is 4. The Morgan fingerprint density at radius 3 is 0.737 bits per heavy atom. The van der Waals surface area contributed by atoms with E-state index in [1.54, 1.807) is 0 Å². The van der Waals surface area contributed by atoms with Gasteiger partial charge in [0.1, 0.15) is 0 Å². The number of aromatic nitrogens is 2. The maximum Gasteiger partial charge on any atom is 0.0622 e. The Morgan fingerprint density at radius 1 is 0.316 bits per heavy atom. The standard InChI is InChI=1S/C32H48N6/c33-25-17-9-1-5-13-21-29-30(22-14-6-2-10-18-26-34)38-32(24-16-8-4-12-20-28-36)31(37-29)23-15-7-3-11-19-27-35/h1-24H2. The first-order chi connectivity index (χ1) is 18.8. The summed E-state index contributed by atoms with van der Waals surface area (Å²) in [4.78, 5) is 10.5. The highest BCUT2D eigenvalue weighted by Crippen LogP contribution is 2.20. The van der Waals surface area contributed by atoms with Gasteiger partial charge in [-0.05, 0) is 77.0 Å². The van der Waals surface area contributed by atoms with Gasteiger partial charge < -0.3 is 0 Å². The third kappa shape index (κ3) is 16.7. The quantitative estimate of drug-likeness (QED) is 0.127. The number of hydrogen-bond donors (Lipinski definition) is 0. The molecule has 0 saturated heterocycles. The first-order valence-corrected chi connectivity index (χ1v) is 15.1. The first-order valence-electron chi connectivity index (χ1n) is 15.1. The molecule has 1 heterocycles. The molecule has 0 aliphatic carbocycles. The van der Waals surface area contributed by atoms with Gasteiger partial charge in [0.15, 0.2) is 0 Å². The largest absolute Gasteiger partial charge is 0.254 e. The Labute approximate surface area is 232 Å². The fourth-order valence-corrected chi connectivity index (χ4v) is 4.78. The summed E-state index contributed by atoms with van der Waals surface area (Å²) < 4.78 is 0. The molecule has 1 rings (SSSR count). The van der Waals surface area contributed by atoms with E-state index in [2.05, 4.69) is 24.3 Å². The normalized spacial score (nSPS) is 10.4. The van der Waals surface area contributed by atoms with E-state index in [0.717, 1.165) is 128 Å². The molecule has 0 saturated carbocycles. The van der Waals surface area contributed by atoms with Crippen LogP contribution in [0.2, 0.25) is 0 Å². The van der Waals surface area contributed by atoms with Crippen molar-refractivity contribution >= 4 is 0 Å². The van der Waals surface area contributed by atoms with Gasteiger partial charge >= 0.3 is 0 Å². The summed E-state index contributed by atoms with van der Waals surface area (Å²) in [6, 6.07) is 8.95. The predicted octanol–water partition coefficient (Wildman–Crippen LogP) is 8.54. The van der Waals surface area contributed by atoms with Crippen LogP contribution >= 0.6 is 0 Å². The van der Waals surface area contributed by atoms with E-state index in [9.17, 15) is 0 Å². The minimum atomic E-state index is 0.639. The molecule has 0 bridgehead atoms. The molecule has 0 aromatic carbocycles. The molecule has 0 N–H and O–H groups in total. The molecular formula is C32H48N6. The predicted molar refractivity (Wildman–Crippen MR) is 152 cm³/mol. The van der Waals surface area contributed by atoms with Gasteiger partial charge in [0.05, 0.1) is 47.1 Å². The lowest BCUT2D eigenvalue weighted by Gasteiger charge is -2.15. The average molecular weight is 517 g/mol. The summed E-state index contributed by atoms with van der Waals surface area (Å²) >= 11 is 0. The molecule has 0 unspecified atom stereocenters. The zero-order valence-corrected chi connectivity index (χ0v) is 23.7. The molecule has 0 spiro atoms. The Bertz CT molecular complexity index is 766. The second-order valence-electron chi connectivity index (χ2n) is 10.3. The van der Waals surface area contributed by atoms with Gasteiger partial charge in [0.2, 0.25) is 0 Å². The van der Waals surface area contributed by atoms with E-state index in [1.807, 2.05) is 0 Å². The van der Waals surface area contributed by atoms with Gasteiger partial charge in [-0.1, -0.05) is 51.4 Å². The molecule has 0 atom stereocenters. The molecule has 0 radical (unpaired) electrons. The Balaban J connectivity index is 2.90. The Kier molecular flexibility index (Phi) is 21.2. The van der Waals surface area contributed by atoms with Gasteiger partial charge in [0, 0.05) is 25.7 Å². The lowest BCUT2D eigenvalue weighted by molar-refractivity contribution is 0.600. The van der Waals surface area contributed by atoms with Gasteiger partial charge in [-0.2, -0.15) is 21.0 Å². The number of aryl methyl sites for hydroxylation is 4. The molecule has 0 fully saturated rings. The highest BCUT2D eigenvalue weighted by atomic mass is 14.8. The molecular weight excluding hydrogens is 468 g/mol. The van der Waals surface area contributed by atoms with Crippen molar-refractivity contribution < 1.29 is 0 Å². The summed E-state index contributed by atoms with van der Waals surface area (Å²) in [6.45, 7) is 0. The number of nitrogens with zero attached hydrogens (tertiary/aromatic N) is 6. The molecule has 1 aromatic heterocycles. The third-order valence-electron chi connectivity index (χ3n) is 7.01. The summed E-state index contributed by atoms with van der Waals surface area (Å²) in [7, 11) is 0. The summed E-state index contributed by atoms with van der Waals surface area (Å²) in [5, 5.41) is 35.1. The van der Waals surface area contributed by atoms with Crippen LogP contribution in [-0.4, -0.2) is 9.97 Å². The van der Waals surface area contributed by atoms with Crippen LogP contribution in [0.3, 0.4) is 0 Å². The summed E-state index contributed by atoms with van der Waals surface area (Å²) in [5.41, 5.74) is 4.67. The molecule has 0 amide bonds. The lowest BCUT2D eigenvalue weighted by atomic mass is 10.0. The average Bonchev–Trinajstić information content (AvgIpc) is 2.93. The van der Waals surface area contributed by atoms with E-state index < -0.39 is 0 Å². The molecule has 6 heteroatoms. The topological polar surface area (TPSA) is 121 Å². The second kappa shape index (κ2) is 24.4. The molecule has 1 aromatic rings. The minimum absolute atomic E-state index is 0.639. The zero-order chi connectivity index (χ0) is 27.5. The zero-order valence-electron chi connectivity index (χ0n) is 23.7. The first kappa shape index (κ1) is 33.1. The lowest BCUT2D eigenvalue weighted by Crippen LogP contribution is -2.11. The van der Waals surface area contributed by atoms with Crippen LogP contribution in [0.4, 0.5) is 0 Å². The highest BCUT2D eigenvalue weighted by Gasteiger charge is 2.14. The van der Waals surface area contributed by atoms with Crippen molar-refractivity contribution in [2.24, 2.45) is 0 Å². The fourth-order valence-electron chi connectivity index (χ4n) is 4.78. The molecule has 0 aliphatic heterocycles. The van der Waals surface area contributed by atoms with Crippen LogP contribution in [-0.2, 0) is 25.7 Å². The van der Waals surface area contributed by atoms with Gasteiger partial charge in [-0.15, -0.1) is 0 Å². The van der Waals surface area contributed by atoms with E-state index in [0.29, 0.717) is 25.7 Å². The maximum absolute atomic E-state index is 8.78. The molecule has 6 nitrogen and oxygen atoms in total. The maximum atomic E-state index is 8.78. The van der Waals surface area contributed by atoms with Crippen molar-refractivity contribution in [3.8, 4) is 24.3 Å². The smallest absolute Gasteiger partial charge is 0.0622 e. The monoisotopic (exact) mass is 516 g/mol. The second-order valence-corrected chi connectivity index (χ2v) is 10.3. The summed E-state index contributed by atoms with van der Waals surface area (Å²) in [6.07, 6.45) is 23.4. The number of unbranched alkanes of at least 4 members (excludes halogenated alkanes) is 16. The van der Waals surface area contributed by atoms with Gasteiger partial charge in [-0.3, -0.25) is 9.97 Å². The van der Waals surface area contributed by atoms with Gasteiger partial charge in [-0.25, -0.2) is 0 Å². The van der Waals surface area contributed by atoms with Crippen molar-refractivity contribution in [2.45, 2.75) is 154 Å². The molecule has 206 valence electrons. The van der Waals surface area contributed by atoms with Crippen LogP contribution in [0.1, 0.15) is 151 Å². The van der Waals surface area contributed by atoms with E-state index in [-0.39, 0.29) is 0 Å². The van der Waals surface area contributed by atoms with Crippen LogP contribution in [0.25, 0.3) is 0 Å². The third-order valence-corrected chi connectivity index (χ3v) is 7.01. The van der Waals surface area contributed by atoms with Crippen LogP contribution in [0, 0.1) is 45.3 Å². The van der Waals surface area contributed by atoms with Gasteiger partial charge in [0.25, 0.3) is 0 Å². The van der Waals surface area contributed by atoms with Crippen molar-refractivity contribution in [1.82, 2.24) is 9.97 Å². The number of rotatable bonds is 24. The Morgan fingerprint density at radius 2 is 0.526 bits per heavy atom. The summed E-state index contributed by atoms with van der Waals surface area (Å²) in [5.74, 6) is 0. The highest BCUT2D eigenvalue weighted by molar-refractivity contribution is 5.22. The van der Waals surface area contributed by atoms with Crippen molar-refractivity contribution in [1.29, 1.82) is 21.0 Å². The van der Waals surface area contributed by atoms with Crippen LogP contribution in [0.5, 0.6) is 0 Å². The van der Waals surface area contributed by atoms with Crippen molar-refractivity contribution in [3.63, 3.8) is 0 Å². The SMILES string of the molecule is N#CCCCCCCc1nc(CCCCCCC#N)c(CCCCCCC#N)nc1CCCCCCC#N. The van der Waals surface area contributed by atoms with Crippen molar-refractivity contribution in [3.05, 3.63) is 22.8 Å². The Hall–Kier alpha value is -2.96. The molecule has 0 aliphatic rings. The number of hydrogen-bond acceptors (Lipinski definition) is 6. The van der Waals surface area contributed by atoms with E-state index >= 15 is 0 Å². The van der Waals surface area contributed by atoms with Crippen LogP contribution < -0.4 is 0 Å². The molecule has 38 heavy (non-hydrogen) atoms. The van der Waals surface area contributed by atoms with E-state index in [4.69, 9.17) is 31.0 Å².